The number of esters is 1. The van der Waals surface area contributed by atoms with Gasteiger partial charge in [-0.15, -0.1) is 0 Å². The van der Waals surface area contributed by atoms with Gasteiger partial charge in [0.05, 0.1) is 30.7 Å². The zero-order valence-electron chi connectivity index (χ0n) is 25.0. The van der Waals surface area contributed by atoms with E-state index >= 15 is 0 Å². The Morgan fingerprint density at radius 2 is 1.88 bits per heavy atom. The van der Waals surface area contributed by atoms with Crippen LogP contribution in [0.1, 0.15) is 65.7 Å². The van der Waals surface area contributed by atoms with Gasteiger partial charge in [-0.1, -0.05) is 59.9 Å². The molecule has 0 radical (unpaired) electrons. The Morgan fingerprint density at radius 1 is 1.16 bits per heavy atom. The smallest absolute Gasteiger partial charge is 0.330 e. The van der Waals surface area contributed by atoms with E-state index in [4.69, 9.17) is 9.47 Å². The van der Waals surface area contributed by atoms with Crippen LogP contribution < -0.4 is 10.6 Å². The summed E-state index contributed by atoms with van der Waals surface area (Å²) in [4.78, 5) is 36.5. The minimum atomic E-state index is -1.33. The first-order chi connectivity index (χ1) is 20.5. The molecular weight excluding hydrogens is 596 g/mol. The normalized spacial score (nSPS) is 29.5. The lowest BCUT2D eigenvalue weighted by Gasteiger charge is -2.39. The Bertz CT molecular complexity index is 1050. The van der Waals surface area contributed by atoms with Crippen molar-refractivity contribution in [1.82, 2.24) is 10.6 Å². The SMILES string of the molecule is C/C(=C\C(=O)OCCCCCCCC(=O)NC1C(=O)NC2=CSSC21)[C@H](O)[C@@H]1OC[C@H](C/C=C/[C@H](C)[C@H](C)O)[C@@H](O)[C@H]1O. The quantitative estimate of drug-likeness (QED) is 0.0478. The molecule has 0 aromatic rings. The molecule has 9 atom stereocenters. The van der Waals surface area contributed by atoms with E-state index in [1.54, 1.807) is 28.5 Å². The van der Waals surface area contributed by atoms with Crippen molar-refractivity contribution >= 4 is 39.4 Å². The number of aliphatic hydroxyl groups is 4. The predicted molar refractivity (Wildman–Crippen MR) is 165 cm³/mol. The molecule has 2 fully saturated rings. The maximum atomic E-state index is 12.3. The Balaban J connectivity index is 1.26. The van der Waals surface area contributed by atoms with Gasteiger partial charge in [-0.05, 0) is 44.6 Å². The van der Waals surface area contributed by atoms with Gasteiger partial charge in [0.15, 0.2) is 0 Å². The van der Waals surface area contributed by atoms with E-state index in [0.717, 1.165) is 25.0 Å². The number of aliphatic hydroxyl groups excluding tert-OH is 4. The molecular formula is C30H46N2O9S2. The van der Waals surface area contributed by atoms with Gasteiger partial charge in [-0.2, -0.15) is 0 Å². The van der Waals surface area contributed by atoms with Crippen LogP contribution in [0, 0.1) is 11.8 Å². The van der Waals surface area contributed by atoms with E-state index < -0.39 is 42.5 Å². The minimum absolute atomic E-state index is 0.0374. The highest BCUT2D eigenvalue weighted by molar-refractivity contribution is 8.78. The van der Waals surface area contributed by atoms with Crippen molar-refractivity contribution in [2.24, 2.45) is 11.8 Å². The zero-order valence-corrected chi connectivity index (χ0v) is 26.6. The monoisotopic (exact) mass is 642 g/mol. The number of carbonyl (C=O) groups is 3. The van der Waals surface area contributed by atoms with Gasteiger partial charge in [-0.25, -0.2) is 4.79 Å². The van der Waals surface area contributed by atoms with Crippen LogP contribution in [-0.4, -0.2) is 93.2 Å². The molecule has 242 valence electrons. The van der Waals surface area contributed by atoms with Gasteiger partial charge in [0, 0.05) is 29.5 Å². The lowest BCUT2D eigenvalue weighted by molar-refractivity contribution is -0.187. The molecule has 0 aliphatic carbocycles. The van der Waals surface area contributed by atoms with E-state index in [2.05, 4.69) is 10.6 Å². The number of ether oxygens (including phenoxy) is 2. The fraction of sp³-hybridized carbons (Fsp3) is 0.700. The molecule has 43 heavy (non-hydrogen) atoms. The highest BCUT2D eigenvalue weighted by Crippen LogP contribution is 2.43. The van der Waals surface area contributed by atoms with E-state index in [1.807, 2.05) is 24.5 Å². The van der Waals surface area contributed by atoms with Crippen LogP contribution in [-0.2, 0) is 23.9 Å². The summed E-state index contributed by atoms with van der Waals surface area (Å²) < 4.78 is 10.9. The summed E-state index contributed by atoms with van der Waals surface area (Å²) in [6.07, 6.45) is 4.27. The molecule has 3 heterocycles. The molecule has 3 aliphatic heterocycles. The number of rotatable bonds is 16. The van der Waals surface area contributed by atoms with Gasteiger partial charge < -0.3 is 40.5 Å². The van der Waals surface area contributed by atoms with E-state index in [1.165, 1.54) is 13.0 Å². The summed E-state index contributed by atoms with van der Waals surface area (Å²) in [5.74, 6) is -1.30. The van der Waals surface area contributed by atoms with Gasteiger partial charge >= 0.3 is 5.97 Å². The third-order valence-electron chi connectivity index (χ3n) is 8.04. The number of fused-ring (bicyclic) bond motifs is 1. The molecule has 13 heteroatoms. The number of amides is 2. The van der Waals surface area contributed by atoms with Crippen molar-refractivity contribution < 1.29 is 44.3 Å². The second-order valence-corrected chi connectivity index (χ2v) is 13.8. The van der Waals surface area contributed by atoms with Crippen molar-refractivity contribution in [3.8, 4) is 0 Å². The fourth-order valence-electron chi connectivity index (χ4n) is 5.02. The highest BCUT2D eigenvalue weighted by Gasteiger charge is 2.43. The Kier molecular flexibility index (Phi) is 14.6. The van der Waals surface area contributed by atoms with Crippen molar-refractivity contribution in [2.75, 3.05) is 13.2 Å². The van der Waals surface area contributed by atoms with Gasteiger partial charge in [0.1, 0.15) is 24.4 Å². The summed E-state index contributed by atoms with van der Waals surface area (Å²) in [6.45, 7) is 5.46. The Labute approximate surface area is 261 Å². The molecule has 2 amide bonds. The van der Waals surface area contributed by atoms with E-state index in [0.29, 0.717) is 25.7 Å². The fourth-order valence-corrected chi connectivity index (χ4v) is 7.61. The number of hydrogen-bond acceptors (Lipinski definition) is 11. The van der Waals surface area contributed by atoms with Crippen molar-refractivity contribution in [1.29, 1.82) is 0 Å². The first-order valence-electron chi connectivity index (χ1n) is 15.0. The molecule has 3 rings (SSSR count). The van der Waals surface area contributed by atoms with Crippen molar-refractivity contribution in [3.05, 3.63) is 34.9 Å². The van der Waals surface area contributed by atoms with Gasteiger partial charge in [0.25, 0.3) is 0 Å². The van der Waals surface area contributed by atoms with Crippen LogP contribution in [0.4, 0.5) is 0 Å². The first-order valence-corrected chi connectivity index (χ1v) is 17.2. The summed E-state index contributed by atoms with van der Waals surface area (Å²) >= 11 is 0. The summed E-state index contributed by atoms with van der Waals surface area (Å²) in [5.41, 5.74) is 1.12. The van der Waals surface area contributed by atoms with Crippen LogP contribution in [0.25, 0.3) is 0 Å². The second-order valence-electron chi connectivity index (χ2n) is 11.5. The maximum Gasteiger partial charge on any atom is 0.330 e. The average Bonchev–Trinajstić information content (AvgIpc) is 3.53. The molecule has 11 nitrogen and oxygen atoms in total. The molecule has 0 aromatic heterocycles. The van der Waals surface area contributed by atoms with Crippen LogP contribution in [0.15, 0.2) is 34.9 Å². The average molecular weight is 643 g/mol. The zero-order chi connectivity index (χ0) is 31.5. The van der Waals surface area contributed by atoms with Crippen LogP contribution in [0.5, 0.6) is 0 Å². The minimum Gasteiger partial charge on any atom is -0.463 e. The number of nitrogens with one attached hydrogen (secondary N) is 2. The third-order valence-corrected chi connectivity index (χ3v) is 10.5. The lowest BCUT2D eigenvalue weighted by atomic mass is 9.86. The van der Waals surface area contributed by atoms with Gasteiger partial charge in [0.2, 0.25) is 11.8 Å². The molecule has 2 unspecified atom stereocenters. The molecule has 3 aliphatic rings. The first kappa shape index (κ1) is 35.6. The summed E-state index contributed by atoms with van der Waals surface area (Å²) in [6, 6.07) is -0.518. The van der Waals surface area contributed by atoms with Crippen molar-refractivity contribution in [3.63, 3.8) is 0 Å². The topological polar surface area (TPSA) is 175 Å². The third kappa shape index (κ3) is 10.6. The largest absolute Gasteiger partial charge is 0.463 e. The van der Waals surface area contributed by atoms with Crippen LogP contribution >= 0.6 is 21.6 Å². The number of carbonyl (C=O) groups excluding carboxylic acids is 3. The molecule has 2 saturated heterocycles. The Hall–Kier alpha value is -1.87. The molecule has 0 saturated carbocycles. The number of hydrogen-bond donors (Lipinski definition) is 6. The molecule has 0 bridgehead atoms. The highest BCUT2D eigenvalue weighted by atomic mass is 33.1. The molecule has 6 N–H and O–H groups in total. The van der Waals surface area contributed by atoms with Crippen LogP contribution in [0.3, 0.4) is 0 Å². The van der Waals surface area contributed by atoms with Crippen LogP contribution in [0.2, 0.25) is 0 Å². The summed E-state index contributed by atoms with van der Waals surface area (Å²) in [7, 11) is 3.12. The number of unbranched alkanes of at least 4 members (excludes halogenated alkanes) is 4. The Morgan fingerprint density at radius 3 is 2.63 bits per heavy atom. The predicted octanol–water partition coefficient (Wildman–Crippen LogP) is 2.10. The lowest BCUT2D eigenvalue weighted by Crippen LogP contribution is -2.54. The van der Waals surface area contributed by atoms with E-state index in [9.17, 15) is 34.8 Å². The van der Waals surface area contributed by atoms with Gasteiger partial charge in [-0.3, -0.25) is 9.59 Å². The second kappa shape index (κ2) is 17.6. The molecule has 0 spiro atoms. The molecule has 0 aromatic carbocycles. The number of allylic oxidation sites excluding steroid dienone is 1. The standard InChI is InChI=1S/C30H46N2O9S2/c1-17(19(3)33)10-9-11-20-15-41-28(27(38)26(20)37)25(36)18(2)14-23(35)40-13-8-6-4-5-7-12-22(34)32-24-29-21(16-42-43-29)31-30(24)39/h9-10,14,16-17,19-20,24-29,33,36-38H,4-8,11-13,15H2,1-3H3,(H,31,39)(H,32,34)/b10-9+,18-14+/t17-,19-,20-,24?,25-,26+,27+,28-,29?/m0/s1. The van der Waals surface area contributed by atoms with E-state index in [-0.39, 0.29) is 47.7 Å². The van der Waals surface area contributed by atoms with Crippen molar-refractivity contribution in [2.45, 2.75) is 108 Å². The summed E-state index contributed by atoms with van der Waals surface area (Å²) in [5, 5.41) is 48.9. The maximum absolute atomic E-state index is 12.3.